The van der Waals surface area contributed by atoms with Crippen molar-refractivity contribution in [2.45, 2.75) is 39.7 Å². The van der Waals surface area contributed by atoms with Gasteiger partial charge in [-0.2, -0.15) is 0 Å². The molecule has 3 rings (SSSR count). The molecule has 1 aliphatic heterocycles. The molecule has 0 spiro atoms. The minimum absolute atomic E-state index is 0.0610. The van der Waals surface area contributed by atoms with Gasteiger partial charge in [0.25, 0.3) is 5.91 Å². The lowest BCUT2D eigenvalue weighted by Crippen LogP contribution is -2.41. The Morgan fingerprint density at radius 1 is 1.50 bits per heavy atom. The van der Waals surface area contributed by atoms with Gasteiger partial charge in [-0.05, 0) is 32.1 Å². The maximum atomic E-state index is 12.8. The molecule has 3 heterocycles. The monoisotopic (exact) mass is 302 g/mol. The molecule has 6 heteroatoms. The van der Waals surface area contributed by atoms with Gasteiger partial charge in [-0.15, -0.1) is 0 Å². The molecule has 2 aromatic heterocycles. The lowest BCUT2D eigenvalue weighted by atomic mass is 9.97. The quantitative estimate of drug-likeness (QED) is 0.869. The second kappa shape index (κ2) is 6.34. The molecule has 0 N–H and O–H groups in total. The maximum absolute atomic E-state index is 12.8. The van der Waals surface area contributed by atoms with Gasteiger partial charge in [-0.25, -0.2) is 4.98 Å². The molecule has 0 saturated carbocycles. The van der Waals surface area contributed by atoms with E-state index in [0.29, 0.717) is 23.7 Å². The highest BCUT2D eigenvalue weighted by Crippen LogP contribution is 2.23. The van der Waals surface area contributed by atoms with E-state index in [1.807, 2.05) is 31.3 Å². The average Bonchev–Trinajstić information content (AvgIpc) is 3.16. The minimum atomic E-state index is 0.0610. The topological polar surface area (TPSA) is 64.2 Å². The standard InChI is InChI=1S/C16H22N4O2/c1-3-14-15(12(2)22-18-14)16(21)20-7-4-5-13(10-20)9-19-8-6-17-11-19/h6,8,11,13H,3-5,7,9-10H2,1-2H3/t13-/m1/s1. The predicted octanol–water partition coefficient (Wildman–Crippen LogP) is 2.29. The van der Waals surface area contributed by atoms with Crippen LogP contribution in [-0.2, 0) is 13.0 Å². The normalized spacial score (nSPS) is 18.6. The summed E-state index contributed by atoms with van der Waals surface area (Å²) < 4.78 is 7.28. The zero-order chi connectivity index (χ0) is 15.5. The van der Waals surface area contributed by atoms with E-state index in [1.165, 1.54) is 0 Å². The van der Waals surface area contributed by atoms with Crippen LogP contribution in [0.5, 0.6) is 0 Å². The second-order valence-corrected chi connectivity index (χ2v) is 5.93. The van der Waals surface area contributed by atoms with E-state index in [-0.39, 0.29) is 5.91 Å². The van der Waals surface area contributed by atoms with Crippen molar-refractivity contribution >= 4 is 5.91 Å². The lowest BCUT2D eigenvalue weighted by Gasteiger charge is -2.33. The van der Waals surface area contributed by atoms with Gasteiger partial charge in [0.05, 0.1) is 12.0 Å². The molecule has 118 valence electrons. The van der Waals surface area contributed by atoms with Gasteiger partial charge in [-0.3, -0.25) is 4.79 Å². The van der Waals surface area contributed by atoms with Gasteiger partial charge in [0.2, 0.25) is 0 Å². The van der Waals surface area contributed by atoms with E-state index in [1.54, 1.807) is 6.20 Å². The summed E-state index contributed by atoms with van der Waals surface area (Å²) in [6, 6.07) is 0. The average molecular weight is 302 g/mol. The second-order valence-electron chi connectivity index (χ2n) is 5.93. The molecule has 6 nitrogen and oxygen atoms in total. The first kappa shape index (κ1) is 14.8. The Morgan fingerprint density at radius 3 is 3.09 bits per heavy atom. The van der Waals surface area contributed by atoms with E-state index >= 15 is 0 Å². The minimum Gasteiger partial charge on any atom is -0.361 e. The van der Waals surface area contributed by atoms with Crippen molar-refractivity contribution in [3.8, 4) is 0 Å². The summed E-state index contributed by atoms with van der Waals surface area (Å²) in [6.45, 7) is 6.31. The van der Waals surface area contributed by atoms with Gasteiger partial charge in [0, 0.05) is 32.0 Å². The Bertz CT molecular complexity index is 633. The summed E-state index contributed by atoms with van der Waals surface area (Å²) >= 11 is 0. The van der Waals surface area contributed by atoms with Gasteiger partial charge < -0.3 is 14.0 Å². The van der Waals surface area contributed by atoms with Crippen LogP contribution in [0.15, 0.2) is 23.2 Å². The Kier molecular flexibility index (Phi) is 4.27. The van der Waals surface area contributed by atoms with Crippen molar-refractivity contribution in [2.24, 2.45) is 5.92 Å². The molecule has 0 radical (unpaired) electrons. The number of hydrogen-bond donors (Lipinski definition) is 0. The molecule has 2 aromatic rings. The number of aromatic nitrogens is 3. The summed E-state index contributed by atoms with van der Waals surface area (Å²) in [5, 5.41) is 4.00. The van der Waals surface area contributed by atoms with Crippen LogP contribution in [0, 0.1) is 12.8 Å². The number of imidazole rings is 1. The molecular weight excluding hydrogens is 280 g/mol. The van der Waals surface area contributed by atoms with Crippen LogP contribution in [0.4, 0.5) is 0 Å². The van der Waals surface area contributed by atoms with Crippen LogP contribution >= 0.6 is 0 Å². The zero-order valence-corrected chi connectivity index (χ0v) is 13.2. The highest BCUT2D eigenvalue weighted by Gasteiger charge is 2.28. The summed E-state index contributed by atoms with van der Waals surface area (Å²) in [7, 11) is 0. The highest BCUT2D eigenvalue weighted by molar-refractivity contribution is 5.96. The van der Waals surface area contributed by atoms with Crippen molar-refractivity contribution in [1.29, 1.82) is 0 Å². The predicted molar refractivity (Wildman–Crippen MR) is 81.5 cm³/mol. The molecule has 0 bridgehead atoms. The molecule has 1 amide bonds. The van der Waals surface area contributed by atoms with Crippen molar-refractivity contribution in [1.82, 2.24) is 19.6 Å². The van der Waals surface area contributed by atoms with E-state index in [0.717, 1.165) is 38.2 Å². The SMILES string of the molecule is CCc1noc(C)c1C(=O)N1CCC[C@H](Cn2ccnc2)C1. The van der Waals surface area contributed by atoms with Gasteiger partial charge >= 0.3 is 0 Å². The zero-order valence-electron chi connectivity index (χ0n) is 13.2. The van der Waals surface area contributed by atoms with E-state index < -0.39 is 0 Å². The number of rotatable bonds is 4. The molecule has 0 aliphatic carbocycles. The maximum Gasteiger partial charge on any atom is 0.259 e. The first-order valence-corrected chi connectivity index (χ1v) is 7.89. The Morgan fingerprint density at radius 2 is 2.36 bits per heavy atom. The van der Waals surface area contributed by atoms with Gasteiger partial charge in [0.1, 0.15) is 11.3 Å². The fourth-order valence-electron chi connectivity index (χ4n) is 3.18. The number of likely N-dealkylation sites (tertiary alicyclic amines) is 1. The largest absolute Gasteiger partial charge is 0.361 e. The third-order valence-electron chi connectivity index (χ3n) is 4.32. The fraction of sp³-hybridized carbons (Fsp3) is 0.562. The Balaban J connectivity index is 1.71. The van der Waals surface area contributed by atoms with Crippen molar-refractivity contribution in [3.05, 3.63) is 35.7 Å². The molecule has 22 heavy (non-hydrogen) atoms. The molecule has 0 unspecified atom stereocenters. The summed E-state index contributed by atoms with van der Waals surface area (Å²) in [5.41, 5.74) is 1.42. The molecular formula is C16H22N4O2. The summed E-state index contributed by atoms with van der Waals surface area (Å²) in [4.78, 5) is 18.8. The number of amides is 1. The third-order valence-corrected chi connectivity index (χ3v) is 4.32. The van der Waals surface area contributed by atoms with E-state index in [2.05, 4.69) is 14.7 Å². The molecule has 1 atom stereocenters. The molecule has 1 aliphatic rings. The van der Waals surface area contributed by atoms with Crippen molar-refractivity contribution in [3.63, 3.8) is 0 Å². The van der Waals surface area contributed by atoms with Gasteiger partial charge in [0.15, 0.2) is 0 Å². The third kappa shape index (κ3) is 2.91. The number of carbonyl (C=O) groups excluding carboxylic acids is 1. The first-order valence-electron chi connectivity index (χ1n) is 7.89. The molecule has 0 aromatic carbocycles. The summed E-state index contributed by atoms with van der Waals surface area (Å²) in [5.74, 6) is 1.15. The Labute approximate surface area is 130 Å². The van der Waals surface area contributed by atoms with Crippen LogP contribution < -0.4 is 0 Å². The van der Waals surface area contributed by atoms with E-state index in [9.17, 15) is 4.79 Å². The first-order chi connectivity index (χ1) is 10.7. The molecule has 1 fully saturated rings. The molecule has 1 saturated heterocycles. The fourth-order valence-corrected chi connectivity index (χ4v) is 3.18. The van der Waals surface area contributed by atoms with Crippen LogP contribution in [0.1, 0.15) is 41.6 Å². The smallest absolute Gasteiger partial charge is 0.259 e. The van der Waals surface area contributed by atoms with Crippen LogP contribution in [-0.4, -0.2) is 38.6 Å². The van der Waals surface area contributed by atoms with Gasteiger partial charge in [-0.1, -0.05) is 12.1 Å². The van der Waals surface area contributed by atoms with Crippen LogP contribution in [0.2, 0.25) is 0 Å². The highest BCUT2D eigenvalue weighted by atomic mass is 16.5. The van der Waals surface area contributed by atoms with E-state index in [4.69, 9.17) is 4.52 Å². The number of hydrogen-bond acceptors (Lipinski definition) is 4. The number of nitrogens with zero attached hydrogens (tertiary/aromatic N) is 4. The Hall–Kier alpha value is -2.11. The summed E-state index contributed by atoms with van der Waals surface area (Å²) in [6.07, 6.45) is 8.49. The van der Waals surface area contributed by atoms with Crippen molar-refractivity contribution < 1.29 is 9.32 Å². The number of carbonyl (C=O) groups is 1. The lowest BCUT2D eigenvalue weighted by molar-refractivity contribution is 0.0659. The number of aryl methyl sites for hydroxylation is 2. The van der Waals surface area contributed by atoms with Crippen molar-refractivity contribution in [2.75, 3.05) is 13.1 Å². The van der Waals surface area contributed by atoms with Crippen LogP contribution in [0.3, 0.4) is 0 Å². The van der Waals surface area contributed by atoms with Crippen LogP contribution in [0.25, 0.3) is 0 Å². The number of piperidine rings is 1.